The summed E-state index contributed by atoms with van der Waals surface area (Å²) in [5.74, 6) is 0. The summed E-state index contributed by atoms with van der Waals surface area (Å²) in [5.41, 5.74) is 3.04. The van der Waals surface area contributed by atoms with Crippen molar-refractivity contribution < 1.29 is 8.42 Å². The molecule has 8 heteroatoms. The minimum atomic E-state index is -3.75. The Morgan fingerprint density at radius 3 is 2.32 bits per heavy atom. The summed E-state index contributed by atoms with van der Waals surface area (Å²) >= 11 is 3.40. The normalized spacial score (nSPS) is 11.2. The molecule has 1 heterocycles. The minimum absolute atomic E-state index is 0.0332. The summed E-state index contributed by atoms with van der Waals surface area (Å²) < 4.78 is 25.4. The van der Waals surface area contributed by atoms with E-state index >= 15 is 0 Å². The maximum Gasteiger partial charge on any atom is 0.238 e. The van der Waals surface area contributed by atoms with Gasteiger partial charge in [0.15, 0.2) is 0 Å². The van der Waals surface area contributed by atoms with Gasteiger partial charge in [-0.25, -0.2) is 18.2 Å². The third kappa shape index (κ3) is 3.79. The molecular formula is C17H13BrN4O2S. The molecule has 0 aliphatic heterocycles. The number of hydrogen-bond acceptors (Lipinski definition) is 4. The smallest absolute Gasteiger partial charge is 0.233 e. The van der Waals surface area contributed by atoms with Crippen molar-refractivity contribution in [1.82, 2.24) is 9.78 Å². The second-order valence-electron chi connectivity index (χ2n) is 5.31. The molecule has 0 saturated carbocycles. The molecule has 0 unspecified atom stereocenters. The van der Waals surface area contributed by atoms with E-state index in [4.69, 9.17) is 10.4 Å². The lowest BCUT2D eigenvalue weighted by atomic mass is 10.1. The Hall–Kier alpha value is -2.47. The van der Waals surface area contributed by atoms with Crippen molar-refractivity contribution in [2.75, 3.05) is 0 Å². The zero-order chi connectivity index (χ0) is 18.0. The highest BCUT2D eigenvalue weighted by molar-refractivity contribution is 9.10. The van der Waals surface area contributed by atoms with Gasteiger partial charge in [-0.05, 0) is 42.5 Å². The highest BCUT2D eigenvalue weighted by Crippen LogP contribution is 2.26. The highest BCUT2D eigenvalue weighted by Gasteiger charge is 2.13. The Morgan fingerprint density at radius 2 is 1.76 bits per heavy atom. The van der Waals surface area contributed by atoms with Gasteiger partial charge in [0, 0.05) is 10.0 Å². The van der Waals surface area contributed by atoms with Crippen molar-refractivity contribution in [2.45, 2.75) is 11.3 Å². The van der Waals surface area contributed by atoms with Crippen LogP contribution in [0.1, 0.15) is 5.69 Å². The molecule has 0 bridgehead atoms. The van der Waals surface area contributed by atoms with E-state index in [0.717, 1.165) is 15.7 Å². The second-order valence-corrected chi connectivity index (χ2v) is 7.79. The van der Waals surface area contributed by atoms with Gasteiger partial charge in [-0.3, -0.25) is 0 Å². The molecular weight excluding hydrogens is 404 g/mol. The van der Waals surface area contributed by atoms with Gasteiger partial charge >= 0.3 is 0 Å². The lowest BCUT2D eigenvalue weighted by Crippen LogP contribution is -2.12. The monoisotopic (exact) mass is 416 g/mol. The summed E-state index contributed by atoms with van der Waals surface area (Å²) in [6.45, 7) is 0. The predicted molar refractivity (Wildman–Crippen MR) is 97.4 cm³/mol. The molecule has 0 fully saturated rings. The Kier molecular flexibility index (Phi) is 4.72. The van der Waals surface area contributed by atoms with E-state index in [1.165, 1.54) is 12.1 Å². The number of aromatic nitrogens is 2. The third-order valence-electron chi connectivity index (χ3n) is 3.57. The fourth-order valence-electron chi connectivity index (χ4n) is 2.40. The fourth-order valence-corrected chi connectivity index (χ4v) is 3.18. The van der Waals surface area contributed by atoms with E-state index in [-0.39, 0.29) is 11.3 Å². The number of halogens is 1. The lowest BCUT2D eigenvalue weighted by molar-refractivity contribution is 0.598. The third-order valence-corrected chi connectivity index (χ3v) is 5.03. The van der Waals surface area contributed by atoms with Crippen molar-refractivity contribution in [1.29, 1.82) is 5.26 Å². The molecule has 0 amide bonds. The van der Waals surface area contributed by atoms with Crippen molar-refractivity contribution in [3.63, 3.8) is 0 Å². The van der Waals surface area contributed by atoms with E-state index in [1.54, 1.807) is 16.8 Å². The predicted octanol–water partition coefficient (Wildman–Crippen LogP) is 3.02. The summed E-state index contributed by atoms with van der Waals surface area (Å²) in [4.78, 5) is 0.0332. The molecule has 6 nitrogen and oxygen atoms in total. The lowest BCUT2D eigenvalue weighted by Gasteiger charge is -2.08. The van der Waals surface area contributed by atoms with Crippen molar-refractivity contribution in [2.24, 2.45) is 5.14 Å². The first-order valence-electron chi connectivity index (χ1n) is 7.23. The van der Waals surface area contributed by atoms with Crippen LogP contribution in [0.15, 0.2) is 64.0 Å². The van der Waals surface area contributed by atoms with Crippen LogP contribution in [0.5, 0.6) is 0 Å². The molecule has 3 aromatic rings. The minimum Gasteiger partial charge on any atom is -0.233 e. The van der Waals surface area contributed by atoms with E-state index in [2.05, 4.69) is 27.1 Å². The molecule has 2 aromatic carbocycles. The molecule has 25 heavy (non-hydrogen) atoms. The van der Waals surface area contributed by atoms with Crippen molar-refractivity contribution in [3.05, 3.63) is 64.8 Å². The number of hydrogen-bond donors (Lipinski definition) is 1. The fraction of sp³-hybridized carbons (Fsp3) is 0.0588. The van der Waals surface area contributed by atoms with Gasteiger partial charge in [0.2, 0.25) is 10.0 Å². The number of nitrogens with two attached hydrogens (primary N) is 1. The summed E-state index contributed by atoms with van der Waals surface area (Å²) in [7, 11) is -3.75. The number of sulfonamides is 1. The zero-order valence-corrected chi connectivity index (χ0v) is 15.3. The first-order valence-corrected chi connectivity index (χ1v) is 9.57. The van der Waals surface area contributed by atoms with Crippen LogP contribution in [0.2, 0.25) is 0 Å². The Balaban J connectivity index is 2.11. The Morgan fingerprint density at radius 1 is 1.12 bits per heavy atom. The van der Waals surface area contributed by atoms with Crippen LogP contribution in [0, 0.1) is 11.3 Å². The van der Waals surface area contributed by atoms with Gasteiger partial charge in [0.1, 0.15) is 0 Å². The second kappa shape index (κ2) is 6.80. The van der Waals surface area contributed by atoms with Gasteiger partial charge in [-0.1, -0.05) is 28.1 Å². The molecule has 0 aliphatic carbocycles. The van der Waals surface area contributed by atoms with Crippen LogP contribution >= 0.6 is 15.9 Å². The van der Waals surface area contributed by atoms with E-state index < -0.39 is 10.0 Å². The molecule has 126 valence electrons. The summed E-state index contributed by atoms with van der Waals surface area (Å²) in [5, 5.41) is 18.5. The van der Waals surface area contributed by atoms with E-state index in [1.807, 2.05) is 30.3 Å². The number of rotatable bonds is 4. The van der Waals surface area contributed by atoms with Crippen LogP contribution in [0.3, 0.4) is 0 Å². The maximum absolute atomic E-state index is 11.4. The largest absolute Gasteiger partial charge is 0.238 e. The van der Waals surface area contributed by atoms with Crippen LogP contribution in [0.4, 0.5) is 0 Å². The topological polar surface area (TPSA) is 102 Å². The first-order chi connectivity index (χ1) is 11.9. The molecule has 0 saturated heterocycles. The number of primary sulfonamides is 1. The number of benzene rings is 2. The van der Waals surface area contributed by atoms with E-state index in [0.29, 0.717) is 11.4 Å². The van der Waals surface area contributed by atoms with Crippen LogP contribution in [0.25, 0.3) is 16.9 Å². The molecule has 0 spiro atoms. The first kappa shape index (κ1) is 17.4. The van der Waals surface area contributed by atoms with Gasteiger partial charge in [-0.2, -0.15) is 10.4 Å². The SMILES string of the molecule is N#CCc1cc(-c2ccc(Br)cc2)n(-c2ccc(S(N)(=O)=O)cc2)n1. The standard InChI is InChI=1S/C17H13BrN4O2S/c18-13-3-1-12(2-4-13)17-11-14(9-10-19)21-22(17)15-5-7-16(8-6-15)25(20,23)24/h1-8,11H,9H2,(H2,20,23,24). The molecule has 0 aliphatic rings. The number of nitrogens with zero attached hydrogens (tertiary/aromatic N) is 3. The van der Waals surface area contributed by atoms with Gasteiger partial charge in [0.25, 0.3) is 0 Å². The summed E-state index contributed by atoms with van der Waals surface area (Å²) in [6.07, 6.45) is 0.186. The molecule has 1 aromatic heterocycles. The van der Waals surface area contributed by atoms with Crippen LogP contribution in [-0.2, 0) is 16.4 Å². The van der Waals surface area contributed by atoms with Crippen molar-refractivity contribution >= 4 is 26.0 Å². The average molecular weight is 417 g/mol. The Labute approximate surface area is 153 Å². The summed E-state index contributed by atoms with van der Waals surface area (Å²) in [6, 6.07) is 17.8. The Bertz CT molecular complexity index is 1050. The van der Waals surface area contributed by atoms with Crippen LogP contribution in [-0.4, -0.2) is 18.2 Å². The molecule has 0 radical (unpaired) electrons. The highest BCUT2D eigenvalue weighted by atomic mass is 79.9. The van der Waals surface area contributed by atoms with Crippen molar-refractivity contribution in [3.8, 4) is 23.0 Å². The van der Waals surface area contributed by atoms with Gasteiger partial charge in [0.05, 0.1) is 34.5 Å². The average Bonchev–Trinajstić information content (AvgIpc) is 2.99. The number of nitriles is 1. The van der Waals surface area contributed by atoms with Crippen LogP contribution < -0.4 is 5.14 Å². The molecule has 3 rings (SSSR count). The van der Waals surface area contributed by atoms with Gasteiger partial charge in [-0.15, -0.1) is 0 Å². The maximum atomic E-state index is 11.4. The van der Waals surface area contributed by atoms with E-state index in [9.17, 15) is 8.42 Å². The zero-order valence-electron chi connectivity index (χ0n) is 12.9. The molecule has 2 N–H and O–H groups in total. The van der Waals surface area contributed by atoms with Gasteiger partial charge < -0.3 is 0 Å². The molecule has 0 atom stereocenters. The quantitative estimate of drug-likeness (QED) is 0.705.